The minimum Gasteiger partial charge on any atom is -0.507 e. The maximum atomic E-state index is 11.8. The van der Waals surface area contributed by atoms with Gasteiger partial charge in [0.15, 0.2) is 0 Å². The van der Waals surface area contributed by atoms with E-state index in [2.05, 4.69) is 98.7 Å². The van der Waals surface area contributed by atoms with Crippen molar-refractivity contribution < 1.29 is 5.11 Å². The van der Waals surface area contributed by atoms with E-state index >= 15 is 0 Å². The van der Waals surface area contributed by atoms with E-state index in [1.807, 2.05) is 13.8 Å². The second-order valence-corrected chi connectivity index (χ2v) is 14.1. The molecule has 2 aromatic carbocycles. The van der Waals surface area contributed by atoms with Crippen LogP contribution in [0.4, 0.5) is 5.69 Å². The number of nitroso groups, excluding NO2 is 1. The van der Waals surface area contributed by atoms with Crippen molar-refractivity contribution in [2.75, 3.05) is 0 Å². The molecule has 0 atom stereocenters. The number of benzene rings is 2. The number of aryl methyl sites for hydroxylation is 2. The predicted octanol–water partition coefficient (Wildman–Crippen LogP) is 9.43. The van der Waals surface area contributed by atoms with Gasteiger partial charge in [0.05, 0.1) is 0 Å². The van der Waals surface area contributed by atoms with Crippen LogP contribution in [0.1, 0.15) is 115 Å². The number of nitrogens with zero attached hydrogens (tertiary/aromatic N) is 1. The summed E-state index contributed by atoms with van der Waals surface area (Å²) in [4.78, 5) is 11.8. The fourth-order valence-corrected chi connectivity index (χ4v) is 6.14. The lowest BCUT2D eigenvalue weighted by Gasteiger charge is -2.34. The highest BCUT2D eigenvalue weighted by Gasteiger charge is 2.32. The Morgan fingerprint density at radius 2 is 1.09 bits per heavy atom. The van der Waals surface area contributed by atoms with Gasteiger partial charge in [0, 0.05) is 5.56 Å². The first-order chi connectivity index (χ1) is 15.3. The van der Waals surface area contributed by atoms with Gasteiger partial charge >= 0.3 is 0 Å². The summed E-state index contributed by atoms with van der Waals surface area (Å²) >= 11 is 0. The number of phenols is 1. The van der Waals surface area contributed by atoms with Crippen LogP contribution in [-0.2, 0) is 17.3 Å². The molecule has 0 heterocycles. The van der Waals surface area contributed by atoms with Gasteiger partial charge in [-0.1, -0.05) is 93.5 Å². The molecule has 0 radical (unpaired) electrons. The van der Waals surface area contributed by atoms with Crippen LogP contribution in [0.2, 0.25) is 0 Å². The van der Waals surface area contributed by atoms with Crippen molar-refractivity contribution in [3.8, 4) is 5.75 Å². The van der Waals surface area contributed by atoms with Crippen molar-refractivity contribution in [3.05, 3.63) is 62.6 Å². The first-order valence-electron chi connectivity index (χ1n) is 12.6. The van der Waals surface area contributed by atoms with Crippen LogP contribution in [0.15, 0.2) is 29.4 Å². The molecule has 0 amide bonds. The zero-order valence-corrected chi connectivity index (χ0v) is 23.7. The molecule has 3 heteroatoms. The third kappa shape index (κ3) is 6.93. The van der Waals surface area contributed by atoms with E-state index in [4.69, 9.17) is 0 Å². The fraction of sp³-hybridized carbons (Fsp3) is 0.613. The highest BCUT2D eigenvalue weighted by molar-refractivity contribution is 5.58. The molecule has 2 aromatic rings. The van der Waals surface area contributed by atoms with Crippen LogP contribution in [0, 0.1) is 29.6 Å². The maximum Gasteiger partial charge on any atom is 0.122 e. The average molecular weight is 466 g/mol. The number of hydrogen-bond acceptors (Lipinski definition) is 3. The second-order valence-electron chi connectivity index (χ2n) is 14.1. The zero-order chi connectivity index (χ0) is 26.3. The van der Waals surface area contributed by atoms with E-state index in [1.165, 1.54) is 11.1 Å². The Hall–Kier alpha value is -2.16. The van der Waals surface area contributed by atoms with Crippen molar-refractivity contribution in [2.45, 2.75) is 113 Å². The van der Waals surface area contributed by atoms with Crippen molar-refractivity contribution in [1.29, 1.82) is 0 Å². The Labute approximate surface area is 208 Å². The van der Waals surface area contributed by atoms with Crippen LogP contribution in [-0.4, -0.2) is 5.11 Å². The lowest BCUT2D eigenvalue weighted by molar-refractivity contribution is 0.278. The van der Waals surface area contributed by atoms with Crippen molar-refractivity contribution in [2.24, 2.45) is 16.0 Å². The number of hydrogen-bond donors (Lipinski definition) is 1. The number of aromatic hydroxyl groups is 1. The van der Waals surface area contributed by atoms with Crippen LogP contribution in [0.25, 0.3) is 0 Å². The van der Waals surface area contributed by atoms with Gasteiger partial charge in [-0.15, -0.1) is 4.91 Å². The standard InChI is InChI=1S/C31H47NO2/c1-20-13-22(16-24(26(20)32-34)30(9,10)18-28(3,4)5)15-23-14-21(2)27(33)25(17-23)31(11,12)19-29(6,7)8/h13-14,16-17,33H,15,18-19H2,1-12H3. The van der Waals surface area contributed by atoms with Crippen LogP contribution >= 0.6 is 0 Å². The van der Waals surface area contributed by atoms with E-state index < -0.39 is 0 Å². The highest BCUT2D eigenvalue weighted by Crippen LogP contribution is 2.44. The smallest absolute Gasteiger partial charge is 0.122 e. The Morgan fingerprint density at radius 3 is 1.53 bits per heavy atom. The summed E-state index contributed by atoms with van der Waals surface area (Å²) in [6, 6.07) is 8.54. The summed E-state index contributed by atoms with van der Waals surface area (Å²) in [6.07, 6.45) is 2.67. The molecule has 0 unspecified atom stereocenters. The average Bonchev–Trinajstić information content (AvgIpc) is 2.60. The highest BCUT2D eigenvalue weighted by atomic mass is 16.3. The molecule has 2 rings (SSSR count). The van der Waals surface area contributed by atoms with E-state index in [1.54, 1.807) is 0 Å². The van der Waals surface area contributed by atoms with Gasteiger partial charge < -0.3 is 5.11 Å². The molecule has 0 spiro atoms. The Bertz CT molecular complexity index is 1050. The van der Waals surface area contributed by atoms with E-state index in [9.17, 15) is 10.0 Å². The molecule has 0 aliphatic rings. The van der Waals surface area contributed by atoms with E-state index in [0.717, 1.165) is 41.5 Å². The van der Waals surface area contributed by atoms with Gasteiger partial charge in [-0.2, -0.15) is 0 Å². The minimum atomic E-state index is -0.174. The van der Waals surface area contributed by atoms with E-state index in [0.29, 0.717) is 11.4 Å². The molecule has 0 aromatic heterocycles. The van der Waals surface area contributed by atoms with Crippen LogP contribution in [0.3, 0.4) is 0 Å². The third-order valence-electron chi connectivity index (χ3n) is 6.62. The van der Waals surface area contributed by atoms with E-state index in [-0.39, 0.29) is 21.7 Å². The van der Waals surface area contributed by atoms with Gasteiger partial charge in [-0.3, -0.25) is 0 Å². The lowest BCUT2D eigenvalue weighted by atomic mass is 9.70. The molecule has 0 aliphatic carbocycles. The molecule has 188 valence electrons. The van der Waals surface area contributed by atoms with Gasteiger partial charge in [-0.25, -0.2) is 0 Å². The quantitative estimate of drug-likeness (QED) is 0.414. The largest absolute Gasteiger partial charge is 0.507 e. The fourth-order valence-electron chi connectivity index (χ4n) is 6.14. The molecule has 0 saturated carbocycles. The predicted molar refractivity (Wildman–Crippen MR) is 146 cm³/mol. The van der Waals surface area contributed by atoms with Gasteiger partial charge in [-0.05, 0) is 87.8 Å². The summed E-state index contributed by atoms with van der Waals surface area (Å²) in [5.41, 5.74) is 6.76. The molecule has 0 fully saturated rings. The number of rotatable bonds is 7. The van der Waals surface area contributed by atoms with Crippen molar-refractivity contribution in [1.82, 2.24) is 0 Å². The zero-order valence-electron chi connectivity index (χ0n) is 23.7. The Morgan fingerprint density at radius 1 is 0.676 bits per heavy atom. The van der Waals surface area contributed by atoms with Crippen molar-refractivity contribution >= 4 is 5.69 Å². The van der Waals surface area contributed by atoms with Gasteiger partial charge in [0.2, 0.25) is 0 Å². The van der Waals surface area contributed by atoms with Gasteiger partial charge in [0.1, 0.15) is 11.4 Å². The van der Waals surface area contributed by atoms with Crippen molar-refractivity contribution in [3.63, 3.8) is 0 Å². The van der Waals surface area contributed by atoms with Crippen LogP contribution < -0.4 is 0 Å². The first kappa shape index (κ1) is 28.1. The molecular formula is C31H47NO2. The minimum absolute atomic E-state index is 0.134. The van der Waals surface area contributed by atoms with Crippen LogP contribution in [0.5, 0.6) is 5.75 Å². The summed E-state index contributed by atoms with van der Waals surface area (Å²) in [5, 5.41) is 14.4. The Kier molecular flexibility index (Phi) is 7.82. The lowest BCUT2D eigenvalue weighted by Crippen LogP contribution is -2.25. The molecule has 1 N–H and O–H groups in total. The first-order valence-corrected chi connectivity index (χ1v) is 12.6. The molecule has 0 saturated heterocycles. The monoisotopic (exact) mass is 465 g/mol. The topological polar surface area (TPSA) is 49.7 Å². The maximum absolute atomic E-state index is 11.8. The second kappa shape index (κ2) is 9.47. The summed E-state index contributed by atoms with van der Waals surface area (Å²) < 4.78 is 0. The normalized spacial score (nSPS) is 13.3. The molecule has 0 bridgehead atoms. The molecular weight excluding hydrogens is 418 g/mol. The summed E-state index contributed by atoms with van der Waals surface area (Å²) in [7, 11) is 0. The SMILES string of the molecule is Cc1cc(Cc2cc(C)c(N=O)c(C(C)(C)CC(C)(C)C)c2)cc(C(C)(C)CC(C)(C)C)c1O. The summed E-state index contributed by atoms with van der Waals surface area (Å²) in [6.45, 7) is 26.3. The molecule has 0 aliphatic heterocycles. The molecule has 3 nitrogen and oxygen atoms in total. The number of phenolic OH excluding ortho intramolecular Hbond substituents is 1. The van der Waals surface area contributed by atoms with Gasteiger partial charge in [0.25, 0.3) is 0 Å². The third-order valence-corrected chi connectivity index (χ3v) is 6.62. The Balaban J connectivity index is 2.57. The summed E-state index contributed by atoms with van der Waals surface area (Å²) in [5.74, 6) is 0.404. The molecule has 34 heavy (non-hydrogen) atoms.